The summed E-state index contributed by atoms with van der Waals surface area (Å²) in [5.41, 5.74) is 1.78. The Labute approximate surface area is 139 Å². The number of halogens is 2. The van der Waals surface area contributed by atoms with E-state index in [1.54, 1.807) is 18.3 Å². The molecule has 4 rings (SSSR count). The molecular formula is C17H10F2N4O2. The minimum atomic E-state index is -1.20. The third-order valence-corrected chi connectivity index (χ3v) is 3.85. The van der Waals surface area contributed by atoms with Gasteiger partial charge in [-0.1, -0.05) is 6.07 Å². The quantitative estimate of drug-likeness (QED) is 0.573. The number of hydrogen-bond donors (Lipinski definition) is 0. The highest BCUT2D eigenvalue weighted by atomic mass is 19.3. The molecule has 4 aromatic rings. The van der Waals surface area contributed by atoms with Gasteiger partial charge in [-0.15, -0.1) is 0 Å². The summed E-state index contributed by atoms with van der Waals surface area (Å²) >= 11 is 0. The molecule has 0 unspecified atom stereocenters. The van der Waals surface area contributed by atoms with Gasteiger partial charge in [0.1, 0.15) is 5.82 Å². The van der Waals surface area contributed by atoms with Crippen molar-refractivity contribution in [2.24, 2.45) is 0 Å². The Bertz CT molecular complexity index is 1110. The van der Waals surface area contributed by atoms with Crippen LogP contribution in [-0.2, 0) is 11.4 Å². The van der Waals surface area contributed by atoms with Crippen molar-refractivity contribution in [3.05, 3.63) is 71.6 Å². The van der Waals surface area contributed by atoms with E-state index in [-0.39, 0.29) is 12.1 Å². The van der Waals surface area contributed by atoms with Crippen LogP contribution in [0.3, 0.4) is 0 Å². The molecule has 8 heteroatoms. The first-order chi connectivity index (χ1) is 12.2. The lowest BCUT2D eigenvalue weighted by Gasteiger charge is -2.06. The zero-order valence-electron chi connectivity index (χ0n) is 12.7. The van der Waals surface area contributed by atoms with Crippen LogP contribution in [0.4, 0.5) is 8.92 Å². The first kappa shape index (κ1) is 15.1. The van der Waals surface area contributed by atoms with Crippen LogP contribution in [0.1, 0.15) is 21.7 Å². The average Bonchev–Trinajstić information content (AvgIpc) is 3.04. The molecule has 0 fully saturated rings. The van der Waals surface area contributed by atoms with Gasteiger partial charge in [-0.2, -0.15) is 5.10 Å². The molecule has 0 aliphatic heterocycles. The molecule has 0 aliphatic rings. The van der Waals surface area contributed by atoms with E-state index in [1.165, 1.54) is 28.9 Å². The number of carbonyl (C=O) groups is 1. The highest BCUT2D eigenvalue weighted by molar-refractivity contribution is 5.86. The Morgan fingerprint density at radius 1 is 1.20 bits per heavy atom. The monoisotopic (exact) mass is 340 g/mol. The van der Waals surface area contributed by atoms with Crippen molar-refractivity contribution >= 4 is 22.5 Å². The first-order valence-corrected chi connectivity index (χ1v) is 7.35. The second-order valence-electron chi connectivity index (χ2n) is 5.42. The first-order valence-electron chi connectivity index (χ1n) is 7.35. The predicted octanol–water partition coefficient (Wildman–Crippen LogP) is 3.05. The second-order valence-corrected chi connectivity index (χ2v) is 5.42. The summed E-state index contributed by atoms with van der Waals surface area (Å²) < 4.78 is 27.8. The molecule has 0 saturated heterocycles. The minimum Gasteiger partial charge on any atom is -0.256 e. The fraction of sp³-hybridized carbons (Fsp3) is 0.0588. The van der Waals surface area contributed by atoms with Crippen LogP contribution >= 0.6 is 0 Å². The number of aromatic nitrogens is 4. The molecule has 3 aromatic heterocycles. The van der Waals surface area contributed by atoms with Crippen molar-refractivity contribution in [1.29, 1.82) is 0 Å². The highest BCUT2D eigenvalue weighted by Crippen LogP contribution is 2.20. The van der Waals surface area contributed by atoms with E-state index < -0.39 is 11.8 Å². The van der Waals surface area contributed by atoms with E-state index in [0.29, 0.717) is 22.4 Å². The molecule has 0 atom stereocenters. The Hall–Kier alpha value is -3.42. The number of imidazole rings is 1. The van der Waals surface area contributed by atoms with Gasteiger partial charge in [0.2, 0.25) is 0 Å². The SMILES string of the molecule is O=C(OF)c1ccc2ncc(Cc3cc4cccnc4cc3F)n2n1. The van der Waals surface area contributed by atoms with Crippen molar-refractivity contribution < 1.29 is 18.7 Å². The number of benzene rings is 1. The van der Waals surface area contributed by atoms with E-state index in [1.807, 2.05) is 6.07 Å². The number of hydrogen-bond acceptors (Lipinski definition) is 5. The maximum atomic E-state index is 14.4. The molecule has 1 aromatic carbocycles. The van der Waals surface area contributed by atoms with Crippen LogP contribution in [0.25, 0.3) is 16.6 Å². The average molecular weight is 340 g/mol. The number of nitrogens with zero attached hydrogens (tertiary/aromatic N) is 4. The summed E-state index contributed by atoms with van der Waals surface area (Å²) in [6.07, 6.45) is 3.32. The van der Waals surface area contributed by atoms with E-state index in [0.717, 1.165) is 5.39 Å². The van der Waals surface area contributed by atoms with Crippen LogP contribution in [-0.4, -0.2) is 25.6 Å². The van der Waals surface area contributed by atoms with Gasteiger partial charge in [-0.25, -0.2) is 23.6 Å². The molecule has 0 aliphatic carbocycles. The number of pyridine rings is 1. The Balaban J connectivity index is 1.78. The highest BCUT2D eigenvalue weighted by Gasteiger charge is 2.14. The number of carbonyl (C=O) groups excluding carboxylic acids is 1. The lowest BCUT2D eigenvalue weighted by Crippen LogP contribution is -2.08. The summed E-state index contributed by atoms with van der Waals surface area (Å²) in [4.78, 5) is 22.7. The maximum absolute atomic E-state index is 14.4. The molecule has 3 heterocycles. The third-order valence-electron chi connectivity index (χ3n) is 3.85. The van der Waals surface area contributed by atoms with Crippen LogP contribution in [0.2, 0.25) is 0 Å². The van der Waals surface area contributed by atoms with Gasteiger partial charge in [0.05, 0.1) is 17.4 Å². The van der Waals surface area contributed by atoms with Gasteiger partial charge >= 0.3 is 5.97 Å². The van der Waals surface area contributed by atoms with Crippen LogP contribution in [0, 0.1) is 5.82 Å². The summed E-state index contributed by atoms with van der Waals surface area (Å²) in [5, 5.41) is 4.81. The van der Waals surface area contributed by atoms with Gasteiger partial charge in [0, 0.05) is 28.6 Å². The van der Waals surface area contributed by atoms with Crippen molar-refractivity contribution in [3.63, 3.8) is 0 Å². The molecule has 25 heavy (non-hydrogen) atoms. The Kier molecular flexibility index (Phi) is 3.57. The number of fused-ring (bicyclic) bond motifs is 2. The Morgan fingerprint density at radius 2 is 2.08 bits per heavy atom. The Morgan fingerprint density at radius 3 is 2.92 bits per heavy atom. The smallest absolute Gasteiger partial charge is 0.256 e. The molecule has 0 amide bonds. The van der Waals surface area contributed by atoms with Crippen LogP contribution in [0.15, 0.2) is 48.8 Å². The van der Waals surface area contributed by atoms with Gasteiger partial charge in [-0.05, 0) is 29.8 Å². The minimum absolute atomic E-state index is 0.193. The molecule has 0 N–H and O–H groups in total. The van der Waals surface area contributed by atoms with Gasteiger partial charge in [0.15, 0.2) is 11.3 Å². The standard InChI is InChI=1S/C17H10F2N4O2/c18-13-8-15-10(2-1-5-20-15)6-11(13)7-12-9-21-16-4-3-14(17(24)25-19)22-23(12)16/h1-6,8-9H,7H2. The predicted molar refractivity (Wildman–Crippen MR) is 84.0 cm³/mol. The third kappa shape index (κ3) is 2.67. The molecule has 0 radical (unpaired) electrons. The van der Waals surface area contributed by atoms with E-state index in [2.05, 4.69) is 20.0 Å². The largest absolute Gasteiger partial charge is 0.399 e. The molecule has 0 bridgehead atoms. The molecule has 6 nitrogen and oxygen atoms in total. The van der Waals surface area contributed by atoms with Crippen molar-refractivity contribution in [1.82, 2.24) is 19.6 Å². The number of rotatable bonds is 3. The van der Waals surface area contributed by atoms with Crippen LogP contribution < -0.4 is 0 Å². The normalized spacial score (nSPS) is 11.1. The molecule has 0 spiro atoms. The summed E-state index contributed by atoms with van der Waals surface area (Å²) in [6.45, 7) is 0. The van der Waals surface area contributed by atoms with Crippen molar-refractivity contribution in [3.8, 4) is 0 Å². The second kappa shape index (κ2) is 5.90. The summed E-state index contributed by atoms with van der Waals surface area (Å²) in [5.74, 6) is -1.61. The molecule has 0 saturated carbocycles. The topological polar surface area (TPSA) is 69.4 Å². The zero-order chi connectivity index (χ0) is 17.4. The van der Waals surface area contributed by atoms with E-state index in [4.69, 9.17) is 0 Å². The van der Waals surface area contributed by atoms with E-state index >= 15 is 0 Å². The molecule has 124 valence electrons. The van der Waals surface area contributed by atoms with Gasteiger partial charge in [0.25, 0.3) is 0 Å². The summed E-state index contributed by atoms with van der Waals surface area (Å²) in [7, 11) is 0. The van der Waals surface area contributed by atoms with Crippen molar-refractivity contribution in [2.75, 3.05) is 0 Å². The fourth-order valence-electron chi connectivity index (χ4n) is 2.66. The lowest BCUT2D eigenvalue weighted by atomic mass is 10.1. The lowest BCUT2D eigenvalue weighted by molar-refractivity contribution is -0.0794. The van der Waals surface area contributed by atoms with Crippen LogP contribution in [0.5, 0.6) is 0 Å². The molecular weight excluding hydrogens is 330 g/mol. The van der Waals surface area contributed by atoms with Gasteiger partial charge < -0.3 is 0 Å². The van der Waals surface area contributed by atoms with E-state index in [9.17, 15) is 13.7 Å². The fourth-order valence-corrected chi connectivity index (χ4v) is 2.66. The summed E-state index contributed by atoms with van der Waals surface area (Å²) in [6, 6.07) is 9.49. The van der Waals surface area contributed by atoms with Gasteiger partial charge in [-0.3, -0.25) is 4.98 Å². The zero-order valence-corrected chi connectivity index (χ0v) is 12.7. The van der Waals surface area contributed by atoms with Crippen molar-refractivity contribution in [2.45, 2.75) is 6.42 Å². The maximum Gasteiger partial charge on any atom is 0.399 e.